The highest BCUT2D eigenvalue weighted by atomic mass is 16.2. The number of pyridine rings is 1. The summed E-state index contributed by atoms with van der Waals surface area (Å²) in [5.41, 5.74) is 4.12. The Labute approximate surface area is 159 Å². The number of nitrogens with one attached hydrogen (secondary N) is 1. The summed E-state index contributed by atoms with van der Waals surface area (Å²) in [6.45, 7) is 6.74. The van der Waals surface area contributed by atoms with Gasteiger partial charge in [-0.05, 0) is 43.4 Å². The van der Waals surface area contributed by atoms with E-state index in [0.29, 0.717) is 5.92 Å². The first kappa shape index (κ1) is 17.8. The van der Waals surface area contributed by atoms with Crippen LogP contribution in [-0.2, 0) is 11.3 Å². The molecule has 6 heteroatoms. The second-order valence-electron chi connectivity index (χ2n) is 7.83. The van der Waals surface area contributed by atoms with E-state index in [4.69, 9.17) is 4.98 Å². The maximum Gasteiger partial charge on any atom is 0.225 e. The van der Waals surface area contributed by atoms with E-state index in [2.05, 4.69) is 44.1 Å². The van der Waals surface area contributed by atoms with Gasteiger partial charge in [0.05, 0.1) is 22.9 Å². The Balaban J connectivity index is 1.46. The summed E-state index contributed by atoms with van der Waals surface area (Å²) < 4.78 is 2.31. The molecule has 0 radical (unpaired) electrons. The van der Waals surface area contributed by atoms with Crippen LogP contribution in [0.3, 0.4) is 0 Å². The van der Waals surface area contributed by atoms with Crippen molar-refractivity contribution in [3.63, 3.8) is 0 Å². The quantitative estimate of drug-likeness (QED) is 0.766. The zero-order valence-electron chi connectivity index (χ0n) is 16.1. The van der Waals surface area contributed by atoms with Crippen molar-refractivity contribution < 1.29 is 4.79 Å². The largest absolute Gasteiger partial charge is 0.346 e. The fraction of sp³-hybridized carbons (Fsp3) is 0.476. The predicted molar refractivity (Wildman–Crippen MR) is 106 cm³/mol. The summed E-state index contributed by atoms with van der Waals surface area (Å²) in [6.07, 6.45) is 9.12. The third-order valence-electron chi connectivity index (χ3n) is 5.53. The van der Waals surface area contributed by atoms with Gasteiger partial charge in [-0.1, -0.05) is 13.8 Å². The van der Waals surface area contributed by atoms with Crippen LogP contribution in [0.25, 0.3) is 22.3 Å². The molecular weight excluding hydrogens is 338 g/mol. The minimum atomic E-state index is 0.0884. The van der Waals surface area contributed by atoms with E-state index in [1.54, 1.807) is 6.20 Å². The molecule has 1 atom stereocenters. The Bertz CT molecular complexity index is 912. The number of amides is 1. The minimum Gasteiger partial charge on any atom is -0.346 e. The van der Waals surface area contributed by atoms with Crippen molar-refractivity contribution >= 4 is 16.9 Å². The number of nitrogens with zero attached hydrogens (tertiary/aromatic N) is 4. The van der Waals surface area contributed by atoms with Crippen LogP contribution in [0.15, 0.2) is 36.8 Å². The average molecular weight is 365 g/mol. The van der Waals surface area contributed by atoms with Gasteiger partial charge in [0.1, 0.15) is 0 Å². The van der Waals surface area contributed by atoms with Crippen LogP contribution in [0.5, 0.6) is 0 Å². The number of aromatic nitrogens is 4. The zero-order valence-corrected chi connectivity index (χ0v) is 16.1. The van der Waals surface area contributed by atoms with Gasteiger partial charge >= 0.3 is 0 Å². The highest BCUT2D eigenvalue weighted by Gasteiger charge is 2.22. The van der Waals surface area contributed by atoms with Gasteiger partial charge in [0.15, 0.2) is 0 Å². The van der Waals surface area contributed by atoms with Gasteiger partial charge in [0.25, 0.3) is 0 Å². The van der Waals surface area contributed by atoms with E-state index in [9.17, 15) is 4.79 Å². The molecule has 1 saturated heterocycles. The first-order valence-electron chi connectivity index (χ1n) is 9.85. The normalized spacial score (nSPS) is 18.2. The van der Waals surface area contributed by atoms with Crippen molar-refractivity contribution in [1.29, 1.82) is 0 Å². The lowest BCUT2D eigenvalue weighted by atomic mass is 10.0. The first-order chi connectivity index (χ1) is 13.1. The fourth-order valence-corrected chi connectivity index (χ4v) is 4.00. The molecule has 4 heterocycles. The third kappa shape index (κ3) is 3.75. The maximum absolute atomic E-state index is 12.3. The standard InChI is InChI=1S/C21H27N5O/c1-15(2)21(27)25-9-3-4-16(7-10-25)14-26-11-8-19-20(26)6-5-18(24-19)17-12-22-23-13-17/h5-6,8,11-13,15-16H,3-4,7,9-10,14H2,1-2H3,(H,22,23). The monoisotopic (exact) mass is 365 g/mol. The Morgan fingerprint density at radius 3 is 2.93 bits per heavy atom. The Kier molecular flexibility index (Phi) is 4.97. The topological polar surface area (TPSA) is 66.8 Å². The molecule has 0 aromatic carbocycles. The van der Waals surface area contributed by atoms with Crippen molar-refractivity contribution in [2.24, 2.45) is 11.8 Å². The molecule has 3 aromatic heterocycles. The van der Waals surface area contributed by atoms with Gasteiger partial charge in [-0.2, -0.15) is 5.10 Å². The van der Waals surface area contributed by atoms with E-state index in [0.717, 1.165) is 49.2 Å². The highest BCUT2D eigenvalue weighted by molar-refractivity contribution is 5.79. The molecule has 27 heavy (non-hydrogen) atoms. The molecule has 1 unspecified atom stereocenters. The van der Waals surface area contributed by atoms with Gasteiger partial charge in [-0.3, -0.25) is 9.89 Å². The Morgan fingerprint density at radius 1 is 1.26 bits per heavy atom. The van der Waals surface area contributed by atoms with Crippen LogP contribution in [0, 0.1) is 11.8 Å². The molecule has 0 aliphatic carbocycles. The van der Waals surface area contributed by atoms with E-state index in [-0.39, 0.29) is 11.8 Å². The number of rotatable bonds is 4. The van der Waals surface area contributed by atoms with Gasteiger partial charge in [0, 0.05) is 43.5 Å². The van der Waals surface area contributed by atoms with Crippen LogP contribution in [0.2, 0.25) is 0 Å². The third-order valence-corrected chi connectivity index (χ3v) is 5.53. The van der Waals surface area contributed by atoms with Gasteiger partial charge in [-0.25, -0.2) is 4.98 Å². The van der Waals surface area contributed by atoms with Crippen molar-refractivity contribution in [2.45, 2.75) is 39.7 Å². The van der Waals surface area contributed by atoms with Crippen LogP contribution < -0.4 is 0 Å². The summed E-state index contributed by atoms with van der Waals surface area (Å²) >= 11 is 0. The molecule has 0 spiro atoms. The van der Waals surface area contributed by atoms with Gasteiger partial charge in [-0.15, -0.1) is 0 Å². The second kappa shape index (κ2) is 7.55. The highest BCUT2D eigenvalue weighted by Crippen LogP contribution is 2.25. The molecule has 142 valence electrons. The molecular formula is C21H27N5O. The Hall–Kier alpha value is -2.63. The summed E-state index contributed by atoms with van der Waals surface area (Å²) in [7, 11) is 0. The maximum atomic E-state index is 12.3. The second-order valence-corrected chi connectivity index (χ2v) is 7.83. The average Bonchev–Trinajstić information content (AvgIpc) is 3.27. The molecule has 0 saturated carbocycles. The summed E-state index contributed by atoms with van der Waals surface area (Å²) in [6, 6.07) is 6.29. The smallest absolute Gasteiger partial charge is 0.225 e. The number of fused-ring (bicyclic) bond motifs is 1. The SMILES string of the molecule is CC(C)C(=O)N1CCCC(Cn2ccc3nc(-c4cn[nH]c4)ccc32)CC1. The van der Waals surface area contributed by atoms with Crippen LogP contribution in [0.1, 0.15) is 33.1 Å². The molecule has 6 nitrogen and oxygen atoms in total. The van der Waals surface area contributed by atoms with Gasteiger partial charge in [0.2, 0.25) is 5.91 Å². The van der Waals surface area contributed by atoms with Crippen molar-refractivity contribution in [3.8, 4) is 11.3 Å². The molecule has 1 N–H and O–H groups in total. The summed E-state index contributed by atoms with van der Waals surface area (Å²) in [4.78, 5) is 19.1. The van der Waals surface area contributed by atoms with E-state index in [1.807, 2.05) is 20.0 Å². The van der Waals surface area contributed by atoms with Crippen molar-refractivity contribution in [1.82, 2.24) is 24.6 Å². The van der Waals surface area contributed by atoms with E-state index < -0.39 is 0 Å². The number of hydrogen-bond donors (Lipinski definition) is 1. The molecule has 1 aliphatic heterocycles. The number of H-pyrrole nitrogens is 1. The van der Waals surface area contributed by atoms with Crippen LogP contribution in [-0.4, -0.2) is 43.6 Å². The summed E-state index contributed by atoms with van der Waals surface area (Å²) in [5, 5.41) is 6.84. The van der Waals surface area contributed by atoms with E-state index >= 15 is 0 Å². The number of aromatic amines is 1. The molecule has 0 bridgehead atoms. The molecule has 1 fully saturated rings. The number of carbonyl (C=O) groups excluding carboxylic acids is 1. The lowest BCUT2D eigenvalue weighted by molar-refractivity contribution is -0.134. The van der Waals surface area contributed by atoms with Crippen molar-refractivity contribution in [3.05, 3.63) is 36.8 Å². The minimum absolute atomic E-state index is 0.0884. The number of likely N-dealkylation sites (tertiary alicyclic amines) is 1. The van der Waals surface area contributed by atoms with E-state index in [1.165, 1.54) is 11.9 Å². The Morgan fingerprint density at radius 2 is 2.15 bits per heavy atom. The molecule has 1 amide bonds. The molecule has 1 aliphatic rings. The summed E-state index contributed by atoms with van der Waals surface area (Å²) in [5.74, 6) is 0.975. The van der Waals surface area contributed by atoms with Gasteiger partial charge < -0.3 is 9.47 Å². The van der Waals surface area contributed by atoms with Crippen molar-refractivity contribution in [2.75, 3.05) is 13.1 Å². The number of carbonyl (C=O) groups is 1. The van der Waals surface area contributed by atoms with Crippen LogP contribution >= 0.6 is 0 Å². The lowest BCUT2D eigenvalue weighted by Crippen LogP contribution is -2.35. The lowest BCUT2D eigenvalue weighted by Gasteiger charge is -2.22. The fourth-order valence-electron chi connectivity index (χ4n) is 4.00. The first-order valence-corrected chi connectivity index (χ1v) is 9.85. The predicted octanol–water partition coefficient (Wildman–Crippen LogP) is 3.71. The molecule has 4 rings (SSSR count). The number of hydrogen-bond acceptors (Lipinski definition) is 3. The zero-order chi connectivity index (χ0) is 18.8. The molecule has 3 aromatic rings. The van der Waals surface area contributed by atoms with Crippen LogP contribution in [0.4, 0.5) is 0 Å².